The molecule has 0 saturated heterocycles. The van der Waals surface area contributed by atoms with Crippen molar-refractivity contribution in [3.05, 3.63) is 46.5 Å². The van der Waals surface area contributed by atoms with Gasteiger partial charge in [0.1, 0.15) is 0 Å². The maximum absolute atomic E-state index is 6.38. The lowest BCUT2D eigenvalue weighted by atomic mass is 10.1. The molecule has 0 aliphatic carbocycles. The predicted molar refractivity (Wildman–Crippen MR) is 84.6 cm³/mol. The molecule has 3 nitrogen and oxygen atoms in total. The summed E-state index contributed by atoms with van der Waals surface area (Å²) in [7, 11) is 0. The SMILES string of the molecule is Cc1ncn(-c2ccc(CNCC(C)C)c(Cl)c2)c1C. The number of imidazole rings is 1. The first kappa shape index (κ1) is 15.1. The summed E-state index contributed by atoms with van der Waals surface area (Å²) in [5.41, 5.74) is 4.38. The average Bonchev–Trinajstić information content (AvgIpc) is 2.72. The van der Waals surface area contributed by atoms with Crippen molar-refractivity contribution in [2.24, 2.45) is 5.92 Å². The minimum Gasteiger partial charge on any atom is -0.312 e. The van der Waals surface area contributed by atoms with Gasteiger partial charge in [-0.3, -0.25) is 0 Å². The van der Waals surface area contributed by atoms with E-state index in [1.54, 1.807) is 0 Å². The van der Waals surface area contributed by atoms with Crippen LogP contribution in [0.3, 0.4) is 0 Å². The summed E-state index contributed by atoms with van der Waals surface area (Å²) in [4.78, 5) is 4.32. The van der Waals surface area contributed by atoms with E-state index < -0.39 is 0 Å². The van der Waals surface area contributed by atoms with Crippen LogP contribution in [-0.2, 0) is 6.54 Å². The normalized spacial score (nSPS) is 11.3. The zero-order valence-corrected chi connectivity index (χ0v) is 13.3. The van der Waals surface area contributed by atoms with Crippen molar-refractivity contribution in [1.82, 2.24) is 14.9 Å². The largest absolute Gasteiger partial charge is 0.312 e. The van der Waals surface area contributed by atoms with Crippen molar-refractivity contribution < 1.29 is 0 Å². The number of hydrogen-bond donors (Lipinski definition) is 1. The van der Waals surface area contributed by atoms with Crippen molar-refractivity contribution in [2.45, 2.75) is 34.2 Å². The first-order chi connectivity index (χ1) is 9.49. The van der Waals surface area contributed by atoms with Crippen LogP contribution in [0, 0.1) is 19.8 Å². The molecule has 2 rings (SSSR count). The van der Waals surface area contributed by atoms with Crippen LogP contribution in [0.1, 0.15) is 30.8 Å². The van der Waals surface area contributed by atoms with Crippen molar-refractivity contribution in [1.29, 1.82) is 0 Å². The van der Waals surface area contributed by atoms with Gasteiger partial charge in [0.25, 0.3) is 0 Å². The van der Waals surface area contributed by atoms with E-state index >= 15 is 0 Å². The Morgan fingerprint density at radius 2 is 2.05 bits per heavy atom. The predicted octanol–water partition coefficient (Wildman–Crippen LogP) is 3.89. The summed E-state index contributed by atoms with van der Waals surface area (Å²) in [5.74, 6) is 0.643. The molecule has 0 amide bonds. The minimum atomic E-state index is 0.643. The molecular weight excluding hydrogens is 270 g/mol. The summed E-state index contributed by atoms with van der Waals surface area (Å²) in [6.07, 6.45) is 1.84. The molecule has 20 heavy (non-hydrogen) atoms. The standard InChI is InChI=1S/C16H22ClN3/c1-11(2)8-18-9-14-5-6-15(7-16(14)17)20-10-19-12(3)13(20)4/h5-7,10-11,18H,8-9H2,1-4H3. The zero-order chi connectivity index (χ0) is 14.7. The first-order valence-corrected chi connectivity index (χ1v) is 7.37. The van der Waals surface area contributed by atoms with Crippen LogP contribution in [0.2, 0.25) is 5.02 Å². The van der Waals surface area contributed by atoms with Crippen molar-refractivity contribution in [3.8, 4) is 5.69 Å². The smallest absolute Gasteiger partial charge is 0.0997 e. The average molecular weight is 292 g/mol. The van der Waals surface area contributed by atoms with Crippen LogP contribution in [0.4, 0.5) is 0 Å². The molecule has 0 atom stereocenters. The van der Waals surface area contributed by atoms with Gasteiger partial charge in [-0.05, 0) is 44.0 Å². The second kappa shape index (κ2) is 6.42. The van der Waals surface area contributed by atoms with Crippen LogP contribution in [-0.4, -0.2) is 16.1 Å². The van der Waals surface area contributed by atoms with Gasteiger partial charge in [0.15, 0.2) is 0 Å². The quantitative estimate of drug-likeness (QED) is 0.906. The molecule has 1 aromatic heterocycles. The molecule has 0 fully saturated rings. The van der Waals surface area contributed by atoms with Crippen molar-refractivity contribution >= 4 is 11.6 Å². The molecule has 1 aromatic carbocycles. The molecule has 108 valence electrons. The lowest BCUT2D eigenvalue weighted by Crippen LogP contribution is -2.19. The molecule has 1 heterocycles. The van der Waals surface area contributed by atoms with Gasteiger partial charge < -0.3 is 9.88 Å². The lowest BCUT2D eigenvalue weighted by molar-refractivity contribution is 0.552. The Morgan fingerprint density at radius 1 is 1.30 bits per heavy atom. The number of benzene rings is 1. The monoisotopic (exact) mass is 291 g/mol. The number of halogens is 1. The molecule has 0 aliphatic heterocycles. The summed E-state index contributed by atoms with van der Waals surface area (Å²) >= 11 is 6.38. The van der Waals surface area contributed by atoms with Crippen molar-refractivity contribution in [2.75, 3.05) is 6.54 Å². The minimum absolute atomic E-state index is 0.643. The van der Waals surface area contributed by atoms with E-state index in [0.717, 1.165) is 40.8 Å². The highest BCUT2D eigenvalue weighted by Crippen LogP contribution is 2.22. The van der Waals surface area contributed by atoms with Crippen LogP contribution in [0.5, 0.6) is 0 Å². The van der Waals surface area contributed by atoms with Gasteiger partial charge in [-0.2, -0.15) is 0 Å². The molecule has 0 radical (unpaired) electrons. The maximum atomic E-state index is 6.38. The Morgan fingerprint density at radius 3 is 2.60 bits per heavy atom. The third kappa shape index (κ3) is 3.41. The molecule has 0 unspecified atom stereocenters. The van der Waals surface area contributed by atoms with Gasteiger partial charge in [-0.25, -0.2) is 4.98 Å². The van der Waals surface area contributed by atoms with Crippen LogP contribution < -0.4 is 5.32 Å². The molecule has 0 aliphatic rings. The second-order valence-electron chi connectivity index (χ2n) is 5.59. The second-order valence-corrected chi connectivity index (χ2v) is 5.99. The molecule has 0 bridgehead atoms. The van der Waals surface area contributed by atoms with E-state index in [0.29, 0.717) is 5.92 Å². The zero-order valence-electron chi connectivity index (χ0n) is 12.6. The van der Waals surface area contributed by atoms with Gasteiger partial charge in [0, 0.05) is 22.9 Å². The van der Waals surface area contributed by atoms with Gasteiger partial charge in [0.2, 0.25) is 0 Å². The third-order valence-electron chi connectivity index (χ3n) is 3.43. The Labute approximate surface area is 126 Å². The summed E-state index contributed by atoms with van der Waals surface area (Å²) in [5, 5.41) is 4.21. The van der Waals surface area contributed by atoms with Gasteiger partial charge in [0.05, 0.1) is 12.0 Å². The Balaban J connectivity index is 2.15. The highest BCUT2D eigenvalue weighted by Gasteiger charge is 2.07. The van der Waals surface area contributed by atoms with E-state index in [-0.39, 0.29) is 0 Å². The molecule has 0 saturated carbocycles. The van der Waals surface area contributed by atoms with Crippen LogP contribution >= 0.6 is 11.6 Å². The number of aromatic nitrogens is 2. The highest BCUT2D eigenvalue weighted by atomic mass is 35.5. The fourth-order valence-electron chi connectivity index (χ4n) is 2.08. The van der Waals surface area contributed by atoms with E-state index in [1.807, 2.05) is 19.3 Å². The maximum Gasteiger partial charge on any atom is 0.0997 e. The third-order valence-corrected chi connectivity index (χ3v) is 3.79. The Hall–Kier alpha value is -1.32. The van der Waals surface area contributed by atoms with Gasteiger partial charge in [-0.1, -0.05) is 31.5 Å². The molecule has 0 spiro atoms. The van der Waals surface area contributed by atoms with E-state index in [4.69, 9.17) is 11.6 Å². The van der Waals surface area contributed by atoms with E-state index in [2.05, 4.69) is 47.8 Å². The fraction of sp³-hybridized carbons (Fsp3) is 0.438. The summed E-state index contributed by atoms with van der Waals surface area (Å²) < 4.78 is 2.06. The Bertz CT molecular complexity index is 587. The number of nitrogens with one attached hydrogen (secondary N) is 1. The van der Waals surface area contributed by atoms with Crippen LogP contribution in [0.15, 0.2) is 24.5 Å². The van der Waals surface area contributed by atoms with Crippen molar-refractivity contribution in [3.63, 3.8) is 0 Å². The number of hydrogen-bond acceptors (Lipinski definition) is 2. The lowest BCUT2D eigenvalue weighted by Gasteiger charge is -2.11. The van der Waals surface area contributed by atoms with E-state index in [9.17, 15) is 0 Å². The Kier molecular flexibility index (Phi) is 4.84. The van der Waals surface area contributed by atoms with Gasteiger partial charge >= 0.3 is 0 Å². The van der Waals surface area contributed by atoms with Crippen LogP contribution in [0.25, 0.3) is 5.69 Å². The number of rotatable bonds is 5. The fourth-order valence-corrected chi connectivity index (χ4v) is 2.33. The molecular formula is C16H22ClN3. The summed E-state index contributed by atoms with van der Waals surface area (Å²) in [6.45, 7) is 10.3. The first-order valence-electron chi connectivity index (χ1n) is 6.99. The number of aryl methyl sites for hydroxylation is 1. The number of nitrogens with zero attached hydrogens (tertiary/aromatic N) is 2. The van der Waals surface area contributed by atoms with Gasteiger partial charge in [-0.15, -0.1) is 0 Å². The molecule has 4 heteroatoms. The molecule has 1 N–H and O–H groups in total. The highest BCUT2D eigenvalue weighted by molar-refractivity contribution is 6.31. The topological polar surface area (TPSA) is 29.9 Å². The molecule has 2 aromatic rings. The van der Waals surface area contributed by atoms with E-state index in [1.165, 1.54) is 0 Å². The summed E-state index contributed by atoms with van der Waals surface area (Å²) in [6, 6.07) is 6.17.